The van der Waals surface area contributed by atoms with Gasteiger partial charge in [0.25, 0.3) is 0 Å². The van der Waals surface area contributed by atoms with E-state index in [-0.39, 0.29) is 45.1 Å². The Morgan fingerprint density at radius 1 is 1.27 bits per heavy atom. The second-order valence-electron chi connectivity index (χ2n) is 6.00. The van der Waals surface area contributed by atoms with Crippen molar-refractivity contribution in [3.63, 3.8) is 0 Å². The molecule has 2 heterocycles. The first-order valence-corrected chi connectivity index (χ1v) is 9.72. The molecule has 0 spiro atoms. The minimum atomic E-state index is -4.47. The van der Waals surface area contributed by atoms with E-state index < -0.39 is 27.9 Å². The zero-order chi connectivity index (χ0) is 19.4. The molecule has 1 unspecified atom stereocenters. The molecule has 0 aromatic carbocycles. The molecule has 1 aromatic heterocycles. The van der Waals surface area contributed by atoms with Crippen LogP contribution in [-0.2, 0) is 20.9 Å². The summed E-state index contributed by atoms with van der Waals surface area (Å²) < 4.78 is 69.4. The van der Waals surface area contributed by atoms with Gasteiger partial charge in [0.2, 0.25) is 10.0 Å². The predicted octanol–water partition coefficient (Wildman–Crippen LogP) is 0.950. The van der Waals surface area contributed by atoms with Gasteiger partial charge in [-0.2, -0.15) is 17.5 Å². The molecular weight excluding hydrogens is 375 g/mol. The number of aromatic nitrogens is 1. The van der Waals surface area contributed by atoms with Gasteiger partial charge in [-0.1, -0.05) is 0 Å². The molecule has 1 aliphatic heterocycles. The van der Waals surface area contributed by atoms with Gasteiger partial charge in [-0.3, -0.25) is 4.98 Å². The number of rotatable bonds is 7. The average Bonchev–Trinajstić information content (AvgIpc) is 2.61. The number of alkyl halides is 3. The third-order valence-electron chi connectivity index (χ3n) is 4.05. The molecule has 1 fully saturated rings. The van der Waals surface area contributed by atoms with Crippen LogP contribution < -0.4 is 4.90 Å². The first-order chi connectivity index (χ1) is 12.1. The fraction of sp³-hybridized carbons (Fsp3) is 0.667. The highest BCUT2D eigenvalue weighted by Gasteiger charge is 2.32. The second-order valence-corrected chi connectivity index (χ2v) is 8.08. The molecule has 1 aromatic rings. The number of hydrogen-bond donors (Lipinski definition) is 1. The van der Waals surface area contributed by atoms with Crippen molar-refractivity contribution >= 4 is 15.7 Å². The maximum Gasteiger partial charge on any atom is 0.417 e. The summed E-state index contributed by atoms with van der Waals surface area (Å²) in [6, 6.07) is 1.02. The monoisotopic (exact) mass is 397 g/mol. The van der Waals surface area contributed by atoms with Crippen molar-refractivity contribution in [2.75, 3.05) is 50.0 Å². The van der Waals surface area contributed by atoms with E-state index in [0.717, 1.165) is 12.3 Å². The van der Waals surface area contributed by atoms with Crippen molar-refractivity contribution in [2.45, 2.75) is 19.2 Å². The largest absolute Gasteiger partial charge is 0.417 e. The van der Waals surface area contributed by atoms with Crippen LogP contribution in [0.1, 0.15) is 12.5 Å². The smallest absolute Gasteiger partial charge is 0.394 e. The van der Waals surface area contributed by atoms with E-state index in [2.05, 4.69) is 4.98 Å². The summed E-state index contributed by atoms with van der Waals surface area (Å²) in [5.74, 6) is -0.206. The Hall–Kier alpha value is -1.43. The summed E-state index contributed by atoms with van der Waals surface area (Å²) >= 11 is 0. The van der Waals surface area contributed by atoms with Gasteiger partial charge < -0.3 is 14.7 Å². The molecular formula is C15H22F3N3O4S. The normalized spacial score (nSPS) is 18.1. The van der Waals surface area contributed by atoms with Crippen molar-refractivity contribution in [2.24, 2.45) is 0 Å². The van der Waals surface area contributed by atoms with Crippen LogP contribution in [0.4, 0.5) is 18.9 Å². The number of hydrogen-bond acceptors (Lipinski definition) is 6. The van der Waals surface area contributed by atoms with Crippen LogP contribution in [0.25, 0.3) is 0 Å². The Morgan fingerprint density at radius 3 is 2.50 bits per heavy atom. The topological polar surface area (TPSA) is 83.0 Å². The summed E-state index contributed by atoms with van der Waals surface area (Å²) in [5, 5.41) is 8.85. The van der Waals surface area contributed by atoms with Crippen molar-refractivity contribution < 1.29 is 31.4 Å². The van der Waals surface area contributed by atoms with E-state index >= 15 is 0 Å². The van der Waals surface area contributed by atoms with Crippen LogP contribution in [0, 0.1) is 0 Å². The lowest BCUT2D eigenvalue weighted by atomic mass is 10.2. The van der Waals surface area contributed by atoms with E-state index in [1.807, 2.05) is 0 Å². The number of pyridine rings is 1. The highest BCUT2D eigenvalue weighted by atomic mass is 32.2. The summed E-state index contributed by atoms with van der Waals surface area (Å²) in [6.45, 7) is 2.31. The highest BCUT2D eigenvalue weighted by molar-refractivity contribution is 7.89. The molecule has 7 nitrogen and oxygen atoms in total. The SMILES string of the molecule is CC(CO)OCCS(=O)(=O)N1CCN(c2cncc(C(F)(F)F)c2)CC1. The molecule has 2 rings (SSSR count). The maximum atomic E-state index is 12.8. The number of halogens is 3. The minimum Gasteiger partial charge on any atom is -0.394 e. The molecule has 26 heavy (non-hydrogen) atoms. The number of sulfonamides is 1. The number of aliphatic hydroxyl groups is 1. The van der Waals surface area contributed by atoms with Crippen LogP contribution in [0.5, 0.6) is 0 Å². The zero-order valence-corrected chi connectivity index (χ0v) is 15.1. The van der Waals surface area contributed by atoms with Crippen LogP contribution in [0.2, 0.25) is 0 Å². The predicted molar refractivity (Wildman–Crippen MR) is 89.3 cm³/mol. The minimum absolute atomic E-state index is 0.0260. The first-order valence-electron chi connectivity index (χ1n) is 8.11. The molecule has 0 bridgehead atoms. The van der Waals surface area contributed by atoms with E-state index in [4.69, 9.17) is 9.84 Å². The van der Waals surface area contributed by atoms with Crippen LogP contribution >= 0.6 is 0 Å². The molecule has 1 atom stereocenters. The molecule has 0 aliphatic carbocycles. The van der Waals surface area contributed by atoms with Gasteiger partial charge in [0, 0.05) is 32.4 Å². The van der Waals surface area contributed by atoms with Gasteiger partial charge in [-0.05, 0) is 13.0 Å². The van der Waals surface area contributed by atoms with Crippen molar-refractivity contribution in [1.82, 2.24) is 9.29 Å². The molecule has 1 aliphatic rings. The lowest BCUT2D eigenvalue weighted by Crippen LogP contribution is -2.49. The number of ether oxygens (including phenoxy) is 1. The Bertz CT molecular complexity index is 692. The number of nitrogens with zero attached hydrogens (tertiary/aromatic N) is 3. The van der Waals surface area contributed by atoms with Crippen molar-refractivity contribution in [1.29, 1.82) is 0 Å². The Morgan fingerprint density at radius 2 is 1.92 bits per heavy atom. The third-order valence-corrected chi connectivity index (χ3v) is 5.88. The molecule has 11 heteroatoms. The lowest BCUT2D eigenvalue weighted by molar-refractivity contribution is -0.137. The maximum absolute atomic E-state index is 12.8. The summed E-state index contributed by atoms with van der Waals surface area (Å²) in [5.41, 5.74) is -0.517. The summed E-state index contributed by atoms with van der Waals surface area (Å²) in [7, 11) is -3.52. The van der Waals surface area contributed by atoms with Crippen LogP contribution in [-0.4, -0.2) is 74.1 Å². The Labute approximate surface area is 150 Å². The van der Waals surface area contributed by atoms with Gasteiger partial charge in [0.15, 0.2) is 0 Å². The van der Waals surface area contributed by atoms with E-state index in [9.17, 15) is 21.6 Å². The van der Waals surface area contributed by atoms with Gasteiger partial charge in [0.1, 0.15) is 0 Å². The van der Waals surface area contributed by atoms with E-state index in [1.165, 1.54) is 10.5 Å². The van der Waals surface area contributed by atoms with E-state index in [1.54, 1.807) is 11.8 Å². The summed E-state index contributed by atoms with van der Waals surface area (Å²) in [4.78, 5) is 5.31. The van der Waals surface area contributed by atoms with Gasteiger partial charge >= 0.3 is 6.18 Å². The third kappa shape index (κ3) is 5.53. The van der Waals surface area contributed by atoms with Gasteiger partial charge in [-0.15, -0.1) is 0 Å². The first kappa shape index (κ1) is 20.9. The molecule has 1 saturated heterocycles. The molecule has 0 saturated carbocycles. The molecule has 0 radical (unpaired) electrons. The van der Waals surface area contributed by atoms with Gasteiger partial charge in [-0.25, -0.2) is 8.42 Å². The molecule has 148 valence electrons. The zero-order valence-electron chi connectivity index (χ0n) is 14.3. The fourth-order valence-electron chi connectivity index (χ4n) is 2.52. The highest BCUT2D eigenvalue weighted by Crippen LogP contribution is 2.31. The quantitative estimate of drug-likeness (QED) is 0.738. The van der Waals surface area contributed by atoms with Crippen LogP contribution in [0.3, 0.4) is 0 Å². The van der Waals surface area contributed by atoms with Crippen molar-refractivity contribution in [3.05, 3.63) is 24.0 Å². The number of piperazine rings is 1. The van der Waals surface area contributed by atoms with Crippen molar-refractivity contribution in [3.8, 4) is 0 Å². The van der Waals surface area contributed by atoms with E-state index in [0.29, 0.717) is 5.69 Å². The summed E-state index contributed by atoms with van der Waals surface area (Å²) in [6.07, 6.45) is -2.81. The molecule has 0 amide bonds. The second kappa shape index (κ2) is 8.51. The molecule has 1 N–H and O–H groups in total. The number of aliphatic hydroxyl groups excluding tert-OH is 1. The average molecular weight is 397 g/mol. The Kier molecular flexibility index (Phi) is 6.83. The van der Waals surface area contributed by atoms with Crippen LogP contribution in [0.15, 0.2) is 18.5 Å². The Balaban J connectivity index is 1.92. The lowest BCUT2D eigenvalue weighted by Gasteiger charge is -2.35. The number of anilines is 1. The van der Waals surface area contributed by atoms with Gasteiger partial charge in [0.05, 0.1) is 42.5 Å². The standard InChI is InChI=1S/C15H22F3N3O4S/c1-12(11-22)25-6-7-26(23,24)21-4-2-20(3-5-21)14-8-13(9-19-10-14)15(16,17)18/h8-10,12,22H,2-7,11H2,1H3. The fourth-order valence-corrected chi connectivity index (χ4v) is 3.80.